The molecule has 0 N–H and O–H groups in total. The van der Waals surface area contributed by atoms with Gasteiger partial charge < -0.3 is 9.15 Å². The van der Waals surface area contributed by atoms with Crippen LogP contribution in [0.4, 0.5) is 5.69 Å². The zero-order valence-electron chi connectivity index (χ0n) is 19.4. The normalized spacial score (nSPS) is 12.4. The van der Waals surface area contributed by atoms with Crippen molar-refractivity contribution in [1.82, 2.24) is 25.0 Å². The van der Waals surface area contributed by atoms with Gasteiger partial charge in [0.1, 0.15) is 0 Å². The Balaban J connectivity index is 1.59. The number of hydrogen-bond acceptors (Lipinski definition) is 9. The zero-order valence-corrected chi connectivity index (χ0v) is 19.4. The van der Waals surface area contributed by atoms with Crippen LogP contribution in [0.5, 0.6) is 0 Å². The number of pyridine rings is 1. The van der Waals surface area contributed by atoms with Gasteiger partial charge in [0.05, 0.1) is 22.1 Å². The minimum atomic E-state index is -0.822. The van der Waals surface area contributed by atoms with E-state index >= 15 is 0 Å². The Hall–Kier alpha value is -4.15. The van der Waals surface area contributed by atoms with Gasteiger partial charge >= 0.3 is 5.97 Å². The molecule has 0 fully saturated rings. The Labute approximate surface area is 194 Å². The lowest BCUT2D eigenvalue weighted by molar-refractivity contribution is -0.384. The molecule has 11 heteroatoms. The average molecular weight is 464 g/mol. The Morgan fingerprint density at radius 1 is 1.12 bits per heavy atom. The van der Waals surface area contributed by atoms with E-state index in [1.54, 1.807) is 23.9 Å². The molecule has 0 aliphatic carbocycles. The first-order chi connectivity index (χ1) is 16.2. The van der Waals surface area contributed by atoms with Gasteiger partial charge in [-0.15, -0.1) is 10.2 Å². The Kier molecular flexibility index (Phi) is 6.10. The molecule has 3 heterocycles. The summed E-state index contributed by atoms with van der Waals surface area (Å²) in [6.45, 7) is 9.62. The summed E-state index contributed by atoms with van der Waals surface area (Å²) in [6.07, 6.45) is 0.797. The number of nitro groups is 1. The van der Waals surface area contributed by atoms with E-state index in [1.807, 2.05) is 27.7 Å². The van der Waals surface area contributed by atoms with Gasteiger partial charge in [-0.3, -0.25) is 10.1 Å². The molecule has 3 aromatic heterocycles. The van der Waals surface area contributed by atoms with Crippen LogP contribution in [-0.2, 0) is 4.74 Å². The molecule has 0 saturated heterocycles. The second kappa shape index (κ2) is 9.00. The molecular formula is C23H24N6O5. The molecule has 0 bridgehead atoms. The summed E-state index contributed by atoms with van der Waals surface area (Å²) in [7, 11) is 0. The monoisotopic (exact) mass is 464 g/mol. The third kappa shape index (κ3) is 4.36. The maximum Gasteiger partial charge on any atom is 0.339 e. The van der Waals surface area contributed by atoms with Crippen molar-refractivity contribution in [2.24, 2.45) is 0 Å². The van der Waals surface area contributed by atoms with Crippen molar-refractivity contribution in [2.45, 2.75) is 52.7 Å². The third-order valence-electron chi connectivity index (χ3n) is 5.28. The number of non-ortho nitro benzene ring substituents is 1. The summed E-state index contributed by atoms with van der Waals surface area (Å²) < 4.78 is 13.1. The quantitative estimate of drug-likeness (QED) is 0.210. The van der Waals surface area contributed by atoms with Crippen molar-refractivity contribution in [3.05, 3.63) is 63.8 Å². The summed E-state index contributed by atoms with van der Waals surface area (Å²) in [5.41, 5.74) is 2.21. The van der Waals surface area contributed by atoms with Crippen LogP contribution >= 0.6 is 0 Å². The van der Waals surface area contributed by atoms with E-state index in [2.05, 4.69) is 15.3 Å². The largest absolute Gasteiger partial charge is 0.449 e. The van der Waals surface area contributed by atoms with Gasteiger partial charge in [-0.05, 0) is 44.9 Å². The maximum absolute atomic E-state index is 13.1. The summed E-state index contributed by atoms with van der Waals surface area (Å²) in [5.74, 6) is -0.183. The van der Waals surface area contributed by atoms with Crippen molar-refractivity contribution < 1.29 is 18.9 Å². The molecule has 0 aliphatic heterocycles. The van der Waals surface area contributed by atoms with Crippen LogP contribution in [0.3, 0.4) is 0 Å². The van der Waals surface area contributed by atoms with Crippen LogP contribution in [0.15, 0.2) is 40.9 Å². The molecule has 34 heavy (non-hydrogen) atoms. The van der Waals surface area contributed by atoms with E-state index in [0.29, 0.717) is 22.2 Å². The molecule has 0 spiro atoms. The van der Waals surface area contributed by atoms with E-state index in [1.165, 1.54) is 24.3 Å². The van der Waals surface area contributed by atoms with E-state index in [4.69, 9.17) is 14.1 Å². The Bertz CT molecular complexity index is 1360. The first kappa shape index (κ1) is 23.0. The van der Waals surface area contributed by atoms with Gasteiger partial charge in [-0.25, -0.2) is 14.5 Å². The van der Waals surface area contributed by atoms with Crippen molar-refractivity contribution in [3.8, 4) is 11.5 Å². The molecule has 4 aromatic rings. The average Bonchev–Trinajstić information content (AvgIpc) is 3.46. The lowest BCUT2D eigenvalue weighted by atomic mass is 10.1. The van der Waals surface area contributed by atoms with Crippen molar-refractivity contribution in [3.63, 3.8) is 0 Å². The Morgan fingerprint density at radius 3 is 2.44 bits per heavy atom. The first-order valence-electron chi connectivity index (χ1n) is 10.8. The Morgan fingerprint density at radius 2 is 1.82 bits per heavy atom. The van der Waals surface area contributed by atoms with Gasteiger partial charge in [0, 0.05) is 29.4 Å². The topological polar surface area (TPSA) is 139 Å². The highest BCUT2D eigenvalue weighted by molar-refractivity contribution is 6.02. The van der Waals surface area contributed by atoms with Crippen LogP contribution in [-0.4, -0.2) is 35.9 Å². The summed E-state index contributed by atoms with van der Waals surface area (Å²) in [6, 6.07) is 7.53. The summed E-state index contributed by atoms with van der Waals surface area (Å²) in [4.78, 5) is 28.2. The number of esters is 1. The fraction of sp³-hybridized carbons (Fsp3) is 0.348. The van der Waals surface area contributed by atoms with Crippen LogP contribution in [0.2, 0.25) is 0 Å². The number of hydrogen-bond donors (Lipinski definition) is 0. The minimum Gasteiger partial charge on any atom is -0.449 e. The molecule has 0 saturated carbocycles. The third-order valence-corrected chi connectivity index (χ3v) is 5.28. The van der Waals surface area contributed by atoms with Crippen molar-refractivity contribution in [2.75, 3.05) is 0 Å². The van der Waals surface area contributed by atoms with Gasteiger partial charge in [0.25, 0.3) is 11.6 Å². The molecular weight excluding hydrogens is 440 g/mol. The number of nitro benzene ring substituents is 1. The van der Waals surface area contributed by atoms with E-state index in [9.17, 15) is 14.9 Å². The van der Waals surface area contributed by atoms with Gasteiger partial charge in [0.15, 0.2) is 11.8 Å². The number of fused-ring (bicyclic) bond motifs is 1. The molecule has 0 amide bonds. The highest BCUT2D eigenvalue weighted by atomic mass is 16.6. The minimum absolute atomic E-state index is 0.0454. The summed E-state index contributed by atoms with van der Waals surface area (Å²) >= 11 is 0. The number of benzene rings is 1. The van der Waals surface area contributed by atoms with Crippen molar-refractivity contribution >= 4 is 22.7 Å². The number of aromatic nitrogens is 5. The molecule has 176 valence electrons. The fourth-order valence-electron chi connectivity index (χ4n) is 3.40. The number of nitrogens with zero attached hydrogens (tertiary/aromatic N) is 6. The highest BCUT2D eigenvalue weighted by Gasteiger charge is 2.24. The highest BCUT2D eigenvalue weighted by Crippen LogP contribution is 2.28. The van der Waals surface area contributed by atoms with Crippen LogP contribution in [0, 0.1) is 10.1 Å². The number of rotatable bonds is 7. The van der Waals surface area contributed by atoms with E-state index in [-0.39, 0.29) is 29.4 Å². The van der Waals surface area contributed by atoms with Crippen molar-refractivity contribution in [1.29, 1.82) is 0 Å². The predicted octanol–water partition coefficient (Wildman–Crippen LogP) is 5.01. The number of carbonyl (C=O) groups excluding carboxylic acids is 1. The number of ether oxygens (including phenoxy) is 1. The lowest BCUT2D eigenvalue weighted by Gasteiger charge is -2.13. The number of carbonyl (C=O) groups is 1. The summed E-state index contributed by atoms with van der Waals surface area (Å²) in [5, 5.41) is 23.8. The smallest absolute Gasteiger partial charge is 0.339 e. The zero-order chi connectivity index (χ0) is 24.6. The second-order valence-electron chi connectivity index (χ2n) is 8.47. The van der Waals surface area contributed by atoms with E-state index < -0.39 is 17.0 Å². The molecule has 1 aromatic carbocycles. The standard InChI is InChI=1S/C23H24N6O5/c1-12(2)19-10-17(18-11-24-28(13(3)4)20(18)25-19)23(30)33-14(5)21-26-27-22(34-21)15-6-8-16(9-7-15)29(31)32/h6-14H,1-5H3. The van der Waals surface area contributed by atoms with Crippen LogP contribution in [0.25, 0.3) is 22.5 Å². The molecule has 0 radical (unpaired) electrons. The lowest BCUT2D eigenvalue weighted by Crippen LogP contribution is -2.12. The predicted molar refractivity (Wildman–Crippen MR) is 122 cm³/mol. The van der Waals surface area contributed by atoms with E-state index in [0.717, 1.165) is 5.69 Å². The van der Waals surface area contributed by atoms with Gasteiger partial charge in [-0.1, -0.05) is 13.8 Å². The van der Waals surface area contributed by atoms with Gasteiger partial charge in [0.2, 0.25) is 5.89 Å². The maximum atomic E-state index is 13.1. The fourth-order valence-corrected chi connectivity index (χ4v) is 3.40. The van der Waals surface area contributed by atoms with Crippen LogP contribution < -0.4 is 0 Å². The molecule has 4 rings (SSSR count). The van der Waals surface area contributed by atoms with Crippen LogP contribution in [0.1, 0.15) is 74.6 Å². The molecule has 0 aliphatic rings. The molecule has 1 unspecified atom stereocenters. The second-order valence-corrected chi connectivity index (χ2v) is 8.47. The molecule has 11 nitrogen and oxygen atoms in total. The SMILES string of the molecule is CC(C)c1cc(C(=O)OC(C)c2nnc(-c3ccc([N+](=O)[O-])cc3)o2)c2cnn(C(C)C)c2n1. The van der Waals surface area contributed by atoms with Gasteiger partial charge in [-0.2, -0.15) is 5.10 Å². The molecule has 1 atom stereocenters. The first-order valence-corrected chi connectivity index (χ1v) is 10.8.